The van der Waals surface area contributed by atoms with Crippen LogP contribution in [0.4, 0.5) is 0 Å². The van der Waals surface area contributed by atoms with Gasteiger partial charge >= 0.3 is 0 Å². The number of carbonyl (C=O) groups is 2. The van der Waals surface area contributed by atoms with Crippen LogP contribution in [0, 0.1) is 0 Å². The van der Waals surface area contributed by atoms with E-state index in [0.29, 0.717) is 17.0 Å². The highest BCUT2D eigenvalue weighted by Gasteiger charge is 2.33. The van der Waals surface area contributed by atoms with Crippen molar-refractivity contribution in [3.63, 3.8) is 0 Å². The molecule has 0 bridgehead atoms. The number of likely N-dealkylation sites (N-methyl/N-ethyl adjacent to an activating group) is 1. The van der Waals surface area contributed by atoms with Gasteiger partial charge in [-0.2, -0.15) is 4.31 Å². The summed E-state index contributed by atoms with van der Waals surface area (Å²) in [7, 11) is -2.57. The van der Waals surface area contributed by atoms with Crippen LogP contribution in [0.1, 0.15) is 44.6 Å². The number of benzene rings is 3. The number of carbonyl (C=O) groups excluding carboxylic acids is 2. The molecular formula is C29H34ClN3O4S. The van der Waals surface area contributed by atoms with E-state index in [0.717, 1.165) is 40.8 Å². The molecule has 0 aliphatic heterocycles. The summed E-state index contributed by atoms with van der Waals surface area (Å²) in [4.78, 5) is 28.6. The Morgan fingerprint density at radius 3 is 2.34 bits per heavy atom. The molecule has 9 heteroatoms. The largest absolute Gasteiger partial charge is 0.352 e. The van der Waals surface area contributed by atoms with Crippen molar-refractivity contribution in [3.05, 3.63) is 77.3 Å². The van der Waals surface area contributed by atoms with Crippen molar-refractivity contribution in [1.29, 1.82) is 0 Å². The first-order valence-electron chi connectivity index (χ1n) is 13.0. The van der Waals surface area contributed by atoms with Crippen LogP contribution in [0.25, 0.3) is 10.8 Å². The van der Waals surface area contributed by atoms with Crippen LogP contribution in [0.15, 0.2) is 71.6 Å². The maximum Gasteiger partial charge on any atom is 0.243 e. The van der Waals surface area contributed by atoms with E-state index in [-0.39, 0.29) is 23.4 Å². The van der Waals surface area contributed by atoms with Crippen molar-refractivity contribution < 1.29 is 18.0 Å². The molecule has 1 N–H and O–H groups in total. The molecule has 1 unspecified atom stereocenters. The van der Waals surface area contributed by atoms with Crippen molar-refractivity contribution in [2.75, 3.05) is 13.6 Å². The molecule has 38 heavy (non-hydrogen) atoms. The molecule has 202 valence electrons. The van der Waals surface area contributed by atoms with Crippen molar-refractivity contribution in [2.45, 2.75) is 62.6 Å². The van der Waals surface area contributed by atoms with Crippen LogP contribution < -0.4 is 5.32 Å². The van der Waals surface area contributed by atoms with Crippen LogP contribution in [-0.2, 0) is 26.2 Å². The fraction of sp³-hybridized carbons (Fsp3) is 0.379. The Bertz CT molecular complexity index is 1410. The maximum atomic E-state index is 13.7. The second-order valence-corrected chi connectivity index (χ2v) is 12.2. The number of halogens is 1. The zero-order valence-corrected chi connectivity index (χ0v) is 23.3. The van der Waals surface area contributed by atoms with Gasteiger partial charge in [0.2, 0.25) is 21.8 Å². The molecule has 0 spiro atoms. The van der Waals surface area contributed by atoms with E-state index in [1.54, 1.807) is 36.4 Å². The normalized spacial score (nSPS) is 15.1. The zero-order chi connectivity index (χ0) is 27.3. The second-order valence-electron chi connectivity index (χ2n) is 9.80. The van der Waals surface area contributed by atoms with Crippen molar-refractivity contribution in [2.24, 2.45) is 0 Å². The molecule has 0 saturated heterocycles. The molecule has 0 aromatic heterocycles. The van der Waals surface area contributed by atoms with Gasteiger partial charge in [0.1, 0.15) is 6.04 Å². The molecule has 2 amide bonds. The van der Waals surface area contributed by atoms with Crippen molar-refractivity contribution in [3.8, 4) is 0 Å². The Kier molecular flexibility index (Phi) is 9.07. The van der Waals surface area contributed by atoms with Gasteiger partial charge in [-0.05, 0) is 53.8 Å². The molecule has 3 aromatic rings. The lowest BCUT2D eigenvalue weighted by atomic mass is 10.1. The molecule has 1 fully saturated rings. The summed E-state index contributed by atoms with van der Waals surface area (Å²) in [6.45, 7) is 1.53. The van der Waals surface area contributed by atoms with E-state index in [1.165, 1.54) is 11.9 Å². The fourth-order valence-electron chi connectivity index (χ4n) is 4.97. The molecule has 4 rings (SSSR count). The van der Waals surface area contributed by atoms with Gasteiger partial charge in [0.15, 0.2) is 0 Å². The Labute approximate surface area is 229 Å². The predicted octanol–water partition coefficient (Wildman–Crippen LogP) is 4.98. The van der Waals surface area contributed by atoms with E-state index in [2.05, 4.69) is 5.32 Å². The zero-order valence-electron chi connectivity index (χ0n) is 21.8. The van der Waals surface area contributed by atoms with Crippen LogP contribution in [-0.4, -0.2) is 55.1 Å². The number of sulfonamides is 1. The smallest absolute Gasteiger partial charge is 0.243 e. The number of amides is 2. The summed E-state index contributed by atoms with van der Waals surface area (Å²) >= 11 is 6.40. The Balaban J connectivity index is 1.58. The van der Waals surface area contributed by atoms with E-state index in [4.69, 9.17) is 11.6 Å². The number of fused-ring (bicyclic) bond motifs is 1. The highest BCUT2D eigenvalue weighted by Crippen LogP contribution is 2.24. The number of nitrogens with one attached hydrogen (secondary N) is 1. The first kappa shape index (κ1) is 28.1. The summed E-state index contributed by atoms with van der Waals surface area (Å²) in [6, 6.07) is 18.9. The number of hydrogen-bond acceptors (Lipinski definition) is 4. The van der Waals surface area contributed by atoms with Crippen molar-refractivity contribution in [1.82, 2.24) is 14.5 Å². The lowest BCUT2D eigenvalue weighted by molar-refractivity contribution is -0.141. The third-order valence-corrected chi connectivity index (χ3v) is 9.34. The van der Waals surface area contributed by atoms with Gasteiger partial charge in [-0.3, -0.25) is 9.59 Å². The third kappa shape index (κ3) is 6.37. The third-order valence-electron chi connectivity index (χ3n) is 7.17. The van der Waals surface area contributed by atoms with Gasteiger partial charge in [0, 0.05) is 24.7 Å². The Hall–Kier alpha value is -2.94. The molecule has 1 atom stereocenters. The van der Waals surface area contributed by atoms with Gasteiger partial charge in [-0.25, -0.2) is 8.42 Å². The quantitative estimate of drug-likeness (QED) is 0.382. The summed E-state index contributed by atoms with van der Waals surface area (Å²) in [5.41, 5.74) is 0.690. The summed E-state index contributed by atoms with van der Waals surface area (Å²) < 4.78 is 27.9. The minimum Gasteiger partial charge on any atom is -0.352 e. The highest BCUT2D eigenvalue weighted by atomic mass is 35.5. The van der Waals surface area contributed by atoms with Crippen molar-refractivity contribution >= 4 is 44.2 Å². The van der Waals surface area contributed by atoms with Gasteiger partial charge in [-0.1, -0.05) is 79.9 Å². The molecule has 0 radical (unpaired) electrons. The van der Waals surface area contributed by atoms with Gasteiger partial charge in [-0.15, -0.1) is 0 Å². The SMILES string of the molecule is CCC(C(=O)NC1CCCC1)N(Cc1ccccc1Cl)C(=O)CN(C)S(=O)(=O)c1ccc2ccccc2c1. The fourth-order valence-corrected chi connectivity index (χ4v) is 6.32. The number of hydrogen-bond donors (Lipinski definition) is 1. The highest BCUT2D eigenvalue weighted by molar-refractivity contribution is 7.89. The molecule has 1 aliphatic rings. The molecule has 3 aromatic carbocycles. The minimum absolute atomic E-state index is 0.0962. The summed E-state index contributed by atoms with van der Waals surface area (Å²) in [5.74, 6) is -0.690. The molecule has 1 aliphatic carbocycles. The average molecular weight is 556 g/mol. The first-order chi connectivity index (χ1) is 18.2. The van der Waals surface area contributed by atoms with Gasteiger partial charge in [0.05, 0.1) is 11.4 Å². The maximum absolute atomic E-state index is 13.7. The Morgan fingerprint density at radius 1 is 1.00 bits per heavy atom. The van der Waals surface area contributed by atoms with Crippen LogP contribution in [0.2, 0.25) is 5.02 Å². The number of nitrogens with zero attached hydrogens (tertiary/aromatic N) is 2. The van der Waals surface area contributed by atoms with E-state index in [1.807, 2.05) is 37.3 Å². The van der Waals surface area contributed by atoms with E-state index >= 15 is 0 Å². The van der Waals surface area contributed by atoms with Crippen LogP contribution in [0.3, 0.4) is 0 Å². The lowest BCUT2D eigenvalue weighted by Crippen LogP contribution is -2.53. The van der Waals surface area contributed by atoms with E-state index < -0.39 is 28.5 Å². The van der Waals surface area contributed by atoms with Crippen LogP contribution >= 0.6 is 11.6 Å². The standard InChI is InChI=1S/C29H34ClN3O4S/c1-3-27(29(35)31-24-13-7-8-14-24)33(19-23-12-6-9-15-26(23)30)28(34)20-32(2)38(36,37)25-17-16-21-10-4-5-11-22(21)18-25/h4-6,9-12,15-18,24,27H,3,7-8,13-14,19-20H2,1-2H3,(H,31,35). The summed E-state index contributed by atoms with van der Waals surface area (Å²) in [6.07, 6.45) is 4.37. The number of rotatable bonds is 10. The van der Waals surface area contributed by atoms with Crippen LogP contribution in [0.5, 0.6) is 0 Å². The van der Waals surface area contributed by atoms with Gasteiger partial charge < -0.3 is 10.2 Å². The van der Waals surface area contributed by atoms with E-state index in [9.17, 15) is 18.0 Å². The second kappa shape index (κ2) is 12.3. The summed E-state index contributed by atoms with van der Waals surface area (Å²) in [5, 5.41) is 5.30. The molecular weight excluding hydrogens is 522 g/mol. The predicted molar refractivity (Wildman–Crippen MR) is 150 cm³/mol. The molecule has 0 heterocycles. The molecule has 1 saturated carbocycles. The first-order valence-corrected chi connectivity index (χ1v) is 14.8. The average Bonchev–Trinajstić information content (AvgIpc) is 3.42. The molecule has 7 nitrogen and oxygen atoms in total. The van der Waals surface area contributed by atoms with Gasteiger partial charge in [0.25, 0.3) is 0 Å². The Morgan fingerprint density at radius 2 is 1.66 bits per heavy atom. The lowest BCUT2D eigenvalue weighted by Gasteiger charge is -2.32. The monoisotopic (exact) mass is 555 g/mol. The topological polar surface area (TPSA) is 86.8 Å². The minimum atomic E-state index is -3.95.